The lowest BCUT2D eigenvalue weighted by atomic mass is 10.1. The summed E-state index contributed by atoms with van der Waals surface area (Å²) >= 11 is 6.24. The minimum absolute atomic E-state index is 0.0802. The largest absolute Gasteiger partial charge is 0.493 e. The molecule has 0 bridgehead atoms. The Morgan fingerprint density at radius 2 is 1.73 bits per heavy atom. The van der Waals surface area contributed by atoms with E-state index in [9.17, 15) is 13.2 Å². The van der Waals surface area contributed by atoms with Gasteiger partial charge in [-0.1, -0.05) is 17.7 Å². The molecule has 9 heteroatoms. The van der Waals surface area contributed by atoms with Crippen LogP contribution < -0.4 is 9.47 Å². The normalized spacial score (nSPS) is 14.5. The van der Waals surface area contributed by atoms with Gasteiger partial charge >= 0.3 is 0 Å². The minimum atomic E-state index is -3.64. The van der Waals surface area contributed by atoms with E-state index in [2.05, 4.69) is 0 Å². The number of nitrogens with zero attached hydrogens (tertiary/aromatic N) is 2. The molecule has 1 aliphatic heterocycles. The first-order valence-electron chi connectivity index (χ1n) is 9.54. The molecule has 0 aliphatic carbocycles. The van der Waals surface area contributed by atoms with Crippen LogP contribution in [0.25, 0.3) is 0 Å². The first-order valence-corrected chi connectivity index (χ1v) is 11.4. The maximum atomic E-state index is 13.0. The van der Waals surface area contributed by atoms with Crippen LogP contribution in [0.3, 0.4) is 0 Å². The number of ether oxygens (including phenoxy) is 2. The Kier molecular flexibility index (Phi) is 6.90. The van der Waals surface area contributed by atoms with Gasteiger partial charge < -0.3 is 14.4 Å². The summed E-state index contributed by atoms with van der Waals surface area (Å²) in [7, 11) is 1.09. The SMILES string of the molecule is COc1ccc(CN(C)C(=O)c2cc(S(=O)(=O)N3CCCC3)ccc2Cl)cc1OC. The van der Waals surface area contributed by atoms with Gasteiger partial charge in [0.15, 0.2) is 11.5 Å². The number of methoxy groups -OCH3 is 2. The lowest BCUT2D eigenvalue weighted by Crippen LogP contribution is -2.29. The van der Waals surface area contributed by atoms with Gasteiger partial charge in [-0.2, -0.15) is 4.31 Å². The van der Waals surface area contributed by atoms with Crippen molar-refractivity contribution in [2.45, 2.75) is 24.3 Å². The zero-order valence-corrected chi connectivity index (χ0v) is 18.8. The van der Waals surface area contributed by atoms with E-state index in [1.54, 1.807) is 33.4 Å². The maximum absolute atomic E-state index is 13.0. The summed E-state index contributed by atoms with van der Waals surface area (Å²) in [4.78, 5) is 14.6. The molecule has 1 heterocycles. The quantitative estimate of drug-likeness (QED) is 0.643. The molecule has 1 saturated heterocycles. The number of benzene rings is 2. The van der Waals surface area contributed by atoms with Crippen molar-refractivity contribution in [3.05, 3.63) is 52.5 Å². The fourth-order valence-electron chi connectivity index (χ4n) is 3.44. The summed E-state index contributed by atoms with van der Waals surface area (Å²) in [6.45, 7) is 1.28. The van der Waals surface area contributed by atoms with Crippen molar-refractivity contribution >= 4 is 27.5 Å². The number of carbonyl (C=O) groups is 1. The van der Waals surface area contributed by atoms with Crippen molar-refractivity contribution in [2.75, 3.05) is 34.4 Å². The molecule has 1 aliphatic rings. The molecule has 3 rings (SSSR count). The Balaban J connectivity index is 1.84. The molecule has 7 nitrogen and oxygen atoms in total. The average molecular weight is 453 g/mol. The summed E-state index contributed by atoms with van der Waals surface area (Å²) in [6, 6.07) is 9.66. The third-order valence-electron chi connectivity index (χ3n) is 5.09. The Morgan fingerprint density at radius 1 is 1.07 bits per heavy atom. The number of amides is 1. The molecule has 2 aromatic carbocycles. The van der Waals surface area contributed by atoms with Gasteiger partial charge in [-0.3, -0.25) is 4.79 Å². The predicted octanol–water partition coefficient (Wildman–Crippen LogP) is 3.41. The third kappa shape index (κ3) is 4.55. The molecular formula is C21H25ClN2O5S. The molecule has 0 saturated carbocycles. The number of halogens is 1. The highest BCUT2D eigenvalue weighted by Gasteiger charge is 2.28. The summed E-state index contributed by atoms with van der Waals surface area (Å²) < 4.78 is 37.7. The Labute approximate surface area is 182 Å². The average Bonchev–Trinajstić information content (AvgIpc) is 3.29. The van der Waals surface area contributed by atoms with Crippen LogP contribution in [0.5, 0.6) is 11.5 Å². The second kappa shape index (κ2) is 9.24. The fourth-order valence-corrected chi connectivity index (χ4v) is 5.18. The van der Waals surface area contributed by atoms with Crippen LogP contribution in [0.4, 0.5) is 0 Å². The van der Waals surface area contributed by atoms with E-state index in [1.807, 2.05) is 6.07 Å². The summed E-state index contributed by atoms with van der Waals surface area (Å²) in [6.07, 6.45) is 1.68. The van der Waals surface area contributed by atoms with Crippen molar-refractivity contribution in [2.24, 2.45) is 0 Å². The van der Waals surface area contributed by atoms with E-state index in [-0.39, 0.29) is 21.4 Å². The number of hydrogen-bond acceptors (Lipinski definition) is 5. The standard InChI is InChI=1S/C21H25ClN2O5S/c1-23(14-15-6-9-19(28-2)20(12-15)29-3)21(25)17-13-16(7-8-18(17)22)30(26,27)24-10-4-5-11-24/h6-9,12-13H,4-5,10-11,14H2,1-3H3. The molecule has 1 fully saturated rings. The van der Waals surface area contributed by atoms with E-state index in [0.29, 0.717) is 31.1 Å². The second-order valence-electron chi connectivity index (χ2n) is 7.10. The first-order chi connectivity index (χ1) is 14.3. The fraction of sp³-hybridized carbons (Fsp3) is 0.381. The smallest absolute Gasteiger partial charge is 0.255 e. The lowest BCUT2D eigenvalue weighted by Gasteiger charge is -2.20. The van der Waals surface area contributed by atoms with Crippen LogP contribution in [0.1, 0.15) is 28.8 Å². The van der Waals surface area contributed by atoms with E-state index < -0.39 is 10.0 Å². The lowest BCUT2D eigenvalue weighted by molar-refractivity contribution is 0.0785. The molecule has 0 atom stereocenters. The zero-order valence-electron chi connectivity index (χ0n) is 17.2. The van der Waals surface area contributed by atoms with Gasteiger partial charge in [-0.05, 0) is 48.7 Å². The Hall–Kier alpha value is -2.29. The second-order valence-corrected chi connectivity index (χ2v) is 9.45. The first kappa shape index (κ1) is 22.4. The molecule has 0 radical (unpaired) electrons. The van der Waals surface area contributed by atoms with Gasteiger partial charge in [0.1, 0.15) is 0 Å². The number of hydrogen-bond donors (Lipinski definition) is 0. The van der Waals surface area contributed by atoms with Crippen LogP contribution in [-0.2, 0) is 16.6 Å². The van der Waals surface area contributed by atoms with Crippen molar-refractivity contribution < 1.29 is 22.7 Å². The molecule has 0 aromatic heterocycles. The molecule has 0 N–H and O–H groups in total. The molecule has 30 heavy (non-hydrogen) atoms. The monoisotopic (exact) mass is 452 g/mol. The molecule has 0 spiro atoms. The van der Waals surface area contributed by atoms with E-state index >= 15 is 0 Å². The molecular weight excluding hydrogens is 428 g/mol. The highest BCUT2D eigenvalue weighted by molar-refractivity contribution is 7.89. The van der Waals surface area contributed by atoms with Gasteiger partial charge in [0.2, 0.25) is 10.0 Å². The number of sulfonamides is 1. The predicted molar refractivity (Wildman–Crippen MR) is 115 cm³/mol. The van der Waals surface area contributed by atoms with Crippen LogP contribution in [0.15, 0.2) is 41.3 Å². The van der Waals surface area contributed by atoms with E-state index in [4.69, 9.17) is 21.1 Å². The Bertz CT molecular complexity index is 1040. The van der Waals surface area contributed by atoms with Crippen LogP contribution >= 0.6 is 11.6 Å². The maximum Gasteiger partial charge on any atom is 0.255 e. The molecule has 0 unspecified atom stereocenters. The van der Waals surface area contributed by atoms with Gasteiger partial charge in [-0.25, -0.2) is 8.42 Å². The van der Waals surface area contributed by atoms with Gasteiger partial charge in [0.25, 0.3) is 5.91 Å². The number of carbonyl (C=O) groups excluding carboxylic acids is 1. The molecule has 1 amide bonds. The zero-order chi connectivity index (χ0) is 21.9. The van der Waals surface area contributed by atoms with Gasteiger partial charge in [-0.15, -0.1) is 0 Å². The number of rotatable bonds is 7. The van der Waals surface area contributed by atoms with Crippen molar-refractivity contribution in [3.63, 3.8) is 0 Å². The highest BCUT2D eigenvalue weighted by atomic mass is 35.5. The van der Waals surface area contributed by atoms with E-state index in [0.717, 1.165) is 18.4 Å². The molecule has 162 valence electrons. The Morgan fingerprint density at radius 3 is 2.37 bits per heavy atom. The topological polar surface area (TPSA) is 76.2 Å². The van der Waals surface area contributed by atoms with Crippen LogP contribution in [-0.4, -0.2) is 57.9 Å². The summed E-state index contributed by atoms with van der Waals surface area (Å²) in [5.74, 6) is 0.791. The summed E-state index contributed by atoms with van der Waals surface area (Å²) in [5, 5.41) is 0.208. The van der Waals surface area contributed by atoms with Crippen molar-refractivity contribution in [1.29, 1.82) is 0 Å². The highest BCUT2D eigenvalue weighted by Crippen LogP contribution is 2.29. The molecule has 2 aromatic rings. The van der Waals surface area contributed by atoms with Crippen molar-refractivity contribution in [3.8, 4) is 11.5 Å². The van der Waals surface area contributed by atoms with Crippen LogP contribution in [0, 0.1) is 0 Å². The third-order valence-corrected chi connectivity index (χ3v) is 7.31. The van der Waals surface area contributed by atoms with Gasteiger partial charge in [0.05, 0.1) is 29.7 Å². The van der Waals surface area contributed by atoms with E-state index in [1.165, 1.54) is 27.4 Å². The van der Waals surface area contributed by atoms with Gasteiger partial charge in [0, 0.05) is 26.7 Å². The van der Waals surface area contributed by atoms with Crippen LogP contribution in [0.2, 0.25) is 5.02 Å². The summed E-state index contributed by atoms with van der Waals surface area (Å²) in [5.41, 5.74) is 0.986. The van der Waals surface area contributed by atoms with Crippen molar-refractivity contribution in [1.82, 2.24) is 9.21 Å². The minimum Gasteiger partial charge on any atom is -0.493 e.